The number of esters is 1. The lowest BCUT2D eigenvalue weighted by Crippen LogP contribution is -2.74. The van der Waals surface area contributed by atoms with Crippen LogP contribution in [0, 0.1) is 11.6 Å². The average molecular weight is 1050 g/mol. The Bertz CT molecular complexity index is 2060. The van der Waals surface area contributed by atoms with Gasteiger partial charge in [-0.1, -0.05) is 58.6 Å². The van der Waals surface area contributed by atoms with E-state index in [9.17, 15) is 84.2 Å². The van der Waals surface area contributed by atoms with Crippen molar-refractivity contribution in [2.24, 2.45) is 0 Å². The second-order valence-corrected chi connectivity index (χ2v) is 20.6. The Balaban J connectivity index is 2.34. The Morgan fingerprint density at radius 2 is 1.25 bits per heavy atom. The van der Waals surface area contributed by atoms with Crippen LogP contribution in [0.1, 0.15) is 52.2 Å². The van der Waals surface area contributed by atoms with Crippen LogP contribution in [0.4, 0.5) is 93.9 Å². The van der Waals surface area contributed by atoms with Gasteiger partial charge in [0, 0.05) is 25.7 Å². The number of hydrogen-bond donors (Lipinski definition) is 1. The van der Waals surface area contributed by atoms with Crippen LogP contribution < -0.4 is 10.1 Å². The fourth-order valence-corrected chi connectivity index (χ4v) is 11.0. The molecule has 0 aliphatic rings. The van der Waals surface area contributed by atoms with E-state index in [0.717, 1.165) is 18.2 Å². The standard InChI is InChI=1S/C41H44F19NO7Si/c1-7-18-66-31(62)10-8-9-30(64-6)32(68-33(63)61-29-16-13-26(42)22-28(29)43)25-11-14-27(15-12-25)65-19-20-67-69(23(2)3,24(4)5)21-17-34(44,45)35(46,47)36(48,49)37(50,51)38(52,53)39(54,55)40(56,57)41(58,59)60/h7-8,10-16,22-24,30,32H,1,9,17-21H2,2-6H3,(H,61,63)/b10-8+/t30-,32-/m1/s1. The van der Waals surface area contributed by atoms with Crippen molar-refractivity contribution in [3.8, 4) is 5.75 Å². The molecule has 0 unspecified atom stereocenters. The SMILES string of the molecule is C=CCOC(=O)/C=C/C[C@@H](OC)[C@H](OC(=O)Nc1ccc(F)cc1F)c1ccc(OCCO[Si](CCC(F)(F)C(F)(F)C(F)(F)C(F)(F)C(F)(F)C(F)(F)C(F)(F)C(F)(F)F)(C(C)C)C(C)C)cc1. The normalized spacial score (nSPS) is 14.8. The smallest absolute Gasteiger partial charge is 0.460 e. The summed E-state index contributed by atoms with van der Waals surface area (Å²) in [5.41, 5.74) is -2.18. The summed E-state index contributed by atoms with van der Waals surface area (Å²) in [4.78, 5) is 24.8. The third-order valence-electron chi connectivity index (χ3n) is 10.5. The van der Waals surface area contributed by atoms with Crippen molar-refractivity contribution in [2.45, 2.75) is 118 Å². The van der Waals surface area contributed by atoms with Gasteiger partial charge in [-0.15, -0.1) is 0 Å². The number of ether oxygens (including phenoxy) is 4. The molecule has 1 amide bonds. The molecule has 0 spiro atoms. The van der Waals surface area contributed by atoms with Crippen LogP contribution in [-0.4, -0.2) is 101 Å². The zero-order chi connectivity index (χ0) is 53.4. The summed E-state index contributed by atoms with van der Waals surface area (Å²) in [7, 11) is -2.87. The van der Waals surface area contributed by atoms with Crippen LogP contribution in [-0.2, 0) is 23.4 Å². The highest BCUT2D eigenvalue weighted by Gasteiger charge is 2.95. The summed E-state index contributed by atoms with van der Waals surface area (Å²) in [6, 6.07) is 6.04. The van der Waals surface area contributed by atoms with Crippen molar-refractivity contribution in [1.82, 2.24) is 0 Å². The number of nitrogens with one attached hydrogen (secondary N) is 1. The van der Waals surface area contributed by atoms with Crippen molar-refractivity contribution in [2.75, 3.05) is 32.2 Å². The maximum atomic E-state index is 15.0. The van der Waals surface area contributed by atoms with Gasteiger partial charge in [0.1, 0.15) is 36.7 Å². The van der Waals surface area contributed by atoms with Gasteiger partial charge in [-0.05, 0) is 53.4 Å². The highest BCUT2D eigenvalue weighted by Crippen LogP contribution is 2.64. The molecule has 1 N–H and O–H groups in total. The third-order valence-corrected chi connectivity index (χ3v) is 16.2. The Labute approximate surface area is 382 Å². The molecule has 0 aliphatic carbocycles. The molecule has 69 heavy (non-hydrogen) atoms. The van der Waals surface area contributed by atoms with E-state index in [4.69, 9.17) is 23.4 Å². The summed E-state index contributed by atoms with van der Waals surface area (Å²) in [6.45, 7) is 7.30. The number of hydrogen-bond acceptors (Lipinski definition) is 7. The van der Waals surface area contributed by atoms with Gasteiger partial charge in [0.2, 0.25) is 0 Å². The van der Waals surface area contributed by atoms with Crippen LogP contribution in [0.25, 0.3) is 0 Å². The first-order valence-electron chi connectivity index (χ1n) is 19.8. The number of methoxy groups -OCH3 is 1. The number of halogens is 19. The number of rotatable bonds is 26. The highest BCUT2D eigenvalue weighted by molar-refractivity contribution is 6.76. The van der Waals surface area contributed by atoms with E-state index in [2.05, 4.69) is 11.9 Å². The zero-order valence-electron chi connectivity index (χ0n) is 36.6. The van der Waals surface area contributed by atoms with E-state index in [0.29, 0.717) is 6.07 Å². The van der Waals surface area contributed by atoms with Crippen LogP contribution in [0.5, 0.6) is 5.75 Å². The molecule has 2 atom stereocenters. The fraction of sp³-hybridized carbons (Fsp3) is 0.561. The lowest BCUT2D eigenvalue weighted by molar-refractivity contribution is -0.461. The monoisotopic (exact) mass is 1050 g/mol. The Morgan fingerprint density at radius 1 is 0.725 bits per heavy atom. The van der Waals surface area contributed by atoms with Gasteiger partial charge in [-0.3, -0.25) is 5.32 Å². The van der Waals surface area contributed by atoms with E-state index in [-0.39, 0.29) is 24.3 Å². The van der Waals surface area contributed by atoms with Gasteiger partial charge >= 0.3 is 59.7 Å². The van der Waals surface area contributed by atoms with E-state index in [1.54, 1.807) is 0 Å². The first kappa shape index (κ1) is 60.4. The molecule has 0 aromatic heterocycles. The topological polar surface area (TPSA) is 92.3 Å². The quantitative estimate of drug-likeness (QED) is 0.0251. The Hall–Kier alpha value is -4.73. The zero-order valence-corrected chi connectivity index (χ0v) is 37.6. The lowest BCUT2D eigenvalue weighted by atomic mass is 9.88. The predicted molar refractivity (Wildman–Crippen MR) is 209 cm³/mol. The van der Waals surface area contributed by atoms with Crippen LogP contribution in [0.3, 0.4) is 0 Å². The van der Waals surface area contributed by atoms with E-state index >= 15 is 8.78 Å². The van der Waals surface area contributed by atoms with Gasteiger partial charge in [-0.2, -0.15) is 74.6 Å². The Morgan fingerprint density at radius 3 is 1.72 bits per heavy atom. The molecule has 2 aromatic rings. The van der Waals surface area contributed by atoms with Gasteiger partial charge in [0.15, 0.2) is 14.4 Å². The van der Waals surface area contributed by atoms with E-state index in [1.807, 2.05) is 0 Å². The first-order chi connectivity index (χ1) is 31.4. The molecule has 0 heterocycles. The van der Waals surface area contributed by atoms with Gasteiger partial charge < -0.3 is 23.4 Å². The number of amides is 1. The fourth-order valence-electron chi connectivity index (χ4n) is 6.54. The average Bonchev–Trinajstić information content (AvgIpc) is 3.23. The van der Waals surface area contributed by atoms with Crippen molar-refractivity contribution in [3.05, 3.63) is 84.5 Å². The van der Waals surface area contributed by atoms with Crippen molar-refractivity contribution >= 4 is 26.1 Å². The summed E-state index contributed by atoms with van der Waals surface area (Å²) >= 11 is 0. The van der Waals surface area contributed by atoms with Gasteiger partial charge in [0.05, 0.1) is 12.3 Å². The number of anilines is 1. The lowest BCUT2D eigenvalue weighted by Gasteiger charge is -2.44. The maximum Gasteiger partial charge on any atom is 0.460 e. The molecule has 8 nitrogen and oxygen atoms in total. The van der Waals surface area contributed by atoms with Crippen LogP contribution in [0.15, 0.2) is 67.3 Å². The van der Waals surface area contributed by atoms with Gasteiger partial charge in [0.25, 0.3) is 0 Å². The molecular weight excluding hydrogens is 1010 g/mol. The second-order valence-electron chi connectivity index (χ2n) is 15.6. The minimum atomic E-state index is -8.73. The summed E-state index contributed by atoms with van der Waals surface area (Å²) in [6.07, 6.45) is -10.6. The number of benzene rings is 2. The molecule has 2 rings (SSSR count). The predicted octanol–water partition coefficient (Wildman–Crippen LogP) is 13.5. The minimum absolute atomic E-state index is 0.00355. The second kappa shape index (κ2) is 22.6. The molecule has 2 aromatic carbocycles. The summed E-state index contributed by atoms with van der Waals surface area (Å²) < 4.78 is 291. The van der Waals surface area contributed by atoms with Gasteiger partial charge in [-0.25, -0.2) is 18.4 Å². The molecule has 0 saturated heterocycles. The number of alkyl halides is 17. The molecule has 0 fully saturated rings. The number of carbonyl (C=O) groups is 2. The largest absolute Gasteiger partial charge is 0.491 e. The molecule has 0 saturated carbocycles. The first-order valence-corrected chi connectivity index (χ1v) is 22.1. The van der Waals surface area contributed by atoms with Crippen molar-refractivity contribution < 1.29 is 116 Å². The van der Waals surface area contributed by atoms with Crippen molar-refractivity contribution in [3.63, 3.8) is 0 Å². The van der Waals surface area contributed by atoms with E-state index < -0.39 is 134 Å². The Kier molecular flexibility index (Phi) is 19.7. The summed E-state index contributed by atoms with van der Waals surface area (Å²) in [5.74, 6) is -59.9. The molecule has 0 radical (unpaired) electrons. The molecule has 28 heteroatoms. The third kappa shape index (κ3) is 12.8. The van der Waals surface area contributed by atoms with Crippen molar-refractivity contribution in [1.29, 1.82) is 0 Å². The van der Waals surface area contributed by atoms with Crippen LogP contribution >= 0.6 is 0 Å². The molecule has 392 valence electrons. The minimum Gasteiger partial charge on any atom is -0.491 e. The molecule has 0 aliphatic heterocycles. The summed E-state index contributed by atoms with van der Waals surface area (Å²) in [5, 5.41) is 2.10. The highest BCUT2D eigenvalue weighted by atomic mass is 28.4. The molecular formula is C41H44F19NO7Si. The van der Waals surface area contributed by atoms with E-state index in [1.165, 1.54) is 71.2 Å². The van der Waals surface area contributed by atoms with Crippen LogP contribution in [0.2, 0.25) is 17.1 Å². The molecule has 0 bridgehead atoms. The maximum absolute atomic E-state index is 15.0. The number of carbonyl (C=O) groups excluding carboxylic acids is 2.